The van der Waals surface area contributed by atoms with E-state index in [1.807, 2.05) is 47.7 Å². The van der Waals surface area contributed by atoms with E-state index in [9.17, 15) is 8.42 Å². The molecule has 2 heterocycles. The Labute approximate surface area is 195 Å². The minimum absolute atomic E-state index is 0.425. The lowest BCUT2D eigenvalue weighted by molar-refractivity contribution is 0.606. The van der Waals surface area contributed by atoms with Crippen LogP contribution in [0.1, 0.15) is 27.8 Å². The monoisotopic (exact) mass is 460 g/mol. The molecular formula is C29H16O2S2. The molecule has 0 amide bonds. The highest BCUT2D eigenvalue weighted by Gasteiger charge is 2.59. The lowest BCUT2D eigenvalue weighted by Gasteiger charge is -2.32. The summed E-state index contributed by atoms with van der Waals surface area (Å²) in [5, 5.41) is 1.21. The predicted octanol–water partition coefficient (Wildman–Crippen LogP) is 6.89. The van der Waals surface area contributed by atoms with Crippen LogP contribution in [-0.4, -0.2) is 8.42 Å². The summed E-state index contributed by atoms with van der Waals surface area (Å²) in [5.74, 6) is 0. The van der Waals surface area contributed by atoms with E-state index in [1.165, 1.54) is 31.7 Å². The molecule has 33 heavy (non-hydrogen) atoms. The minimum atomic E-state index is -3.62. The molecule has 2 nitrogen and oxygen atoms in total. The van der Waals surface area contributed by atoms with Crippen LogP contribution in [0.3, 0.4) is 0 Å². The molecule has 1 unspecified atom stereocenters. The van der Waals surface area contributed by atoms with Crippen LogP contribution in [0.5, 0.6) is 0 Å². The normalized spacial score (nSPS) is 20.6. The van der Waals surface area contributed by atoms with Crippen LogP contribution in [0.2, 0.25) is 0 Å². The average molecular weight is 461 g/mol. The third kappa shape index (κ3) is 1.84. The average Bonchev–Trinajstić information content (AvgIpc) is 3.52. The zero-order valence-corrected chi connectivity index (χ0v) is 19.0. The Morgan fingerprint density at radius 2 is 1.24 bits per heavy atom. The lowest BCUT2D eigenvalue weighted by Crippen LogP contribution is -2.26. The van der Waals surface area contributed by atoms with Gasteiger partial charge in [-0.15, -0.1) is 11.3 Å². The SMILES string of the molecule is O=S1(=O)C2=C(c3ccccc31)C1(c3ccccc32)c2ccccc2-c2sc3ccccc3c21. The van der Waals surface area contributed by atoms with E-state index < -0.39 is 15.3 Å². The number of hydrogen-bond donors (Lipinski definition) is 0. The first-order valence-corrected chi connectivity index (χ1v) is 13.3. The van der Waals surface area contributed by atoms with Crippen molar-refractivity contribution in [3.8, 4) is 10.4 Å². The lowest BCUT2D eigenvalue weighted by atomic mass is 9.67. The third-order valence-electron chi connectivity index (χ3n) is 7.44. The van der Waals surface area contributed by atoms with Gasteiger partial charge < -0.3 is 0 Å². The molecular weight excluding hydrogens is 444 g/mol. The number of thiophene rings is 1. The zero-order chi connectivity index (χ0) is 21.9. The fraction of sp³-hybridized carbons (Fsp3) is 0.0345. The number of allylic oxidation sites excluding steroid dienone is 1. The molecule has 5 aromatic rings. The first-order valence-electron chi connectivity index (χ1n) is 11.0. The first kappa shape index (κ1) is 18.0. The Morgan fingerprint density at radius 3 is 2.06 bits per heavy atom. The molecule has 0 radical (unpaired) electrons. The molecule has 0 bridgehead atoms. The molecule has 2 aliphatic carbocycles. The minimum Gasteiger partial charge on any atom is -0.218 e. The van der Waals surface area contributed by atoms with Crippen molar-refractivity contribution < 1.29 is 8.42 Å². The van der Waals surface area contributed by atoms with Crippen molar-refractivity contribution in [2.45, 2.75) is 10.3 Å². The van der Waals surface area contributed by atoms with Crippen molar-refractivity contribution in [1.29, 1.82) is 0 Å². The van der Waals surface area contributed by atoms with Crippen molar-refractivity contribution in [1.82, 2.24) is 0 Å². The van der Waals surface area contributed by atoms with E-state index in [2.05, 4.69) is 54.6 Å². The van der Waals surface area contributed by atoms with Gasteiger partial charge in [-0.25, -0.2) is 8.42 Å². The highest BCUT2D eigenvalue weighted by molar-refractivity contribution is 8.01. The summed E-state index contributed by atoms with van der Waals surface area (Å²) in [6.45, 7) is 0. The maximum absolute atomic E-state index is 13.9. The highest BCUT2D eigenvalue weighted by atomic mass is 32.2. The topological polar surface area (TPSA) is 34.1 Å². The molecule has 1 atom stereocenters. The largest absolute Gasteiger partial charge is 0.218 e. The number of fused-ring (bicyclic) bond motifs is 13. The molecule has 0 N–H and O–H groups in total. The summed E-state index contributed by atoms with van der Waals surface area (Å²) in [6.07, 6.45) is 0. The van der Waals surface area contributed by atoms with Crippen molar-refractivity contribution in [2.24, 2.45) is 0 Å². The van der Waals surface area contributed by atoms with Gasteiger partial charge in [0.1, 0.15) is 0 Å². The van der Waals surface area contributed by atoms with E-state index in [0.717, 1.165) is 22.3 Å². The Balaban J connectivity index is 1.68. The van der Waals surface area contributed by atoms with Gasteiger partial charge in [0.25, 0.3) is 0 Å². The van der Waals surface area contributed by atoms with Gasteiger partial charge in [0.2, 0.25) is 9.84 Å². The molecule has 4 aromatic carbocycles. The second kappa shape index (κ2) is 5.71. The molecule has 0 fully saturated rings. The zero-order valence-electron chi connectivity index (χ0n) is 17.4. The molecule has 4 heteroatoms. The van der Waals surface area contributed by atoms with E-state index >= 15 is 0 Å². The summed E-state index contributed by atoms with van der Waals surface area (Å²) in [7, 11) is -3.62. The molecule has 0 saturated heterocycles. The van der Waals surface area contributed by atoms with Gasteiger partial charge in [-0.1, -0.05) is 84.9 Å². The molecule has 0 saturated carbocycles. The molecule has 8 rings (SSSR count). The summed E-state index contributed by atoms with van der Waals surface area (Å²) in [4.78, 5) is 2.16. The number of hydrogen-bond acceptors (Lipinski definition) is 3. The molecule has 3 aliphatic rings. The van der Waals surface area contributed by atoms with Crippen molar-refractivity contribution in [3.63, 3.8) is 0 Å². The summed E-state index contributed by atoms with van der Waals surface area (Å²) in [5.41, 5.74) is 6.64. The van der Waals surface area contributed by atoms with Crippen LogP contribution in [0.4, 0.5) is 0 Å². The van der Waals surface area contributed by atoms with Crippen LogP contribution in [0, 0.1) is 0 Å². The van der Waals surface area contributed by atoms with E-state index in [4.69, 9.17) is 0 Å². The van der Waals surface area contributed by atoms with Gasteiger partial charge in [-0.2, -0.15) is 0 Å². The standard InChI is InChI=1S/C29H16O2S2/c30-33(31)24-16-8-4-12-20(24)26-28(33)18-10-2-6-14-22(18)29(26)21-13-5-1-9-17(21)27-25(29)19-11-3-7-15-23(19)32-27/h1-16H. The number of rotatable bonds is 0. The molecule has 1 aromatic heterocycles. The van der Waals surface area contributed by atoms with Gasteiger partial charge in [0, 0.05) is 9.58 Å². The van der Waals surface area contributed by atoms with Crippen molar-refractivity contribution in [2.75, 3.05) is 0 Å². The third-order valence-corrected chi connectivity index (χ3v) is 10.5. The quantitative estimate of drug-likeness (QED) is 0.252. The Kier molecular flexibility index (Phi) is 3.12. The first-order chi connectivity index (χ1) is 16.1. The van der Waals surface area contributed by atoms with Crippen molar-refractivity contribution >= 4 is 41.7 Å². The van der Waals surface area contributed by atoms with Crippen LogP contribution < -0.4 is 0 Å². The summed E-state index contributed by atoms with van der Waals surface area (Å²) >= 11 is 1.81. The van der Waals surface area contributed by atoms with Crippen LogP contribution >= 0.6 is 11.3 Å². The number of sulfone groups is 1. The van der Waals surface area contributed by atoms with Gasteiger partial charge >= 0.3 is 0 Å². The number of benzene rings is 4. The van der Waals surface area contributed by atoms with Gasteiger partial charge in [-0.05, 0) is 56.5 Å². The van der Waals surface area contributed by atoms with E-state index in [-0.39, 0.29) is 0 Å². The summed E-state index contributed by atoms with van der Waals surface area (Å²) < 4.78 is 29.1. The molecule has 1 spiro atoms. The summed E-state index contributed by atoms with van der Waals surface area (Å²) in [6, 6.07) is 32.7. The van der Waals surface area contributed by atoms with E-state index in [0.29, 0.717) is 9.80 Å². The van der Waals surface area contributed by atoms with Crippen LogP contribution in [0.15, 0.2) is 102 Å². The molecule has 156 valence electrons. The van der Waals surface area contributed by atoms with Crippen LogP contribution in [0.25, 0.3) is 31.0 Å². The van der Waals surface area contributed by atoms with Crippen LogP contribution in [-0.2, 0) is 15.3 Å². The van der Waals surface area contributed by atoms with Gasteiger partial charge in [-0.3, -0.25) is 0 Å². The fourth-order valence-corrected chi connectivity index (χ4v) is 9.59. The fourth-order valence-electron chi connectivity index (χ4n) is 6.36. The maximum atomic E-state index is 13.9. The van der Waals surface area contributed by atoms with E-state index in [1.54, 1.807) is 6.07 Å². The highest BCUT2D eigenvalue weighted by Crippen LogP contribution is 2.70. The predicted molar refractivity (Wildman–Crippen MR) is 134 cm³/mol. The second-order valence-electron chi connectivity index (χ2n) is 8.85. The second-order valence-corrected chi connectivity index (χ2v) is 11.8. The van der Waals surface area contributed by atoms with Crippen molar-refractivity contribution in [3.05, 3.63) is 125 Å². The Morgan fingerprint density at radius 1 is 0.636 bits per heavy atom. The Bertz CT molecular complexity index is 1840. The van der Waals surface area contributed by atoms with Gasteiger partial charge in [0.05, 0.1) is 15.2 Å². The maximum Gasteiger partial charge on any atom is 0.208 e. The molecule has 1 aliphatic heterocycles. The van der Waals surface area contributed by atoms with Gasteiger partial charge in [0.15, 0.2) is 0 Å². The Hall–Kier alpha value is -3.47. The smallest absolute Gasteiger partial charge is 0.208 e.